The summed E-state index contributed by atoms with van der Waals surface area (Å²) in [6, 6.07) is 5.81. The van der Waals surface area contributed by atoms with Crippen LogP contribution >= 0.6 is 0 Å². The van der Waals surface area contributed by atoms with Crippen LogP contribution in [0.1, 0.15) is 36.8 Å². The summed E-state index contributed by atoms with van der Waals surface area (Å²) in [5.41, 5.74) is -0.841. The van der Waals surface area contributed by atoms with E-state index < -0.39 is 17.3 Å². The zero-order chi connectivity index (χ0) is 12.1. The molecular formula is C13H13F3O. The van der Waals surface area contributed by atoms with Gasteiger partial charge in [-0.1, -0.05) is 31.0 Å². The van der Waals surface area contributed by atoms with E-state index in [4.69, 9.17) is 4.74 Å². The second-order valence-corrected chi connectivity index (χ2v) is 4.79. The number of ether oxygens (including phenoxy) is 1. The second kappa shape index (κ2) is 3.48. The van der Waals surface area contributed by atoms with Crippen LogP contribution in [-0.2, 0) is 16.5 Å². The molecule has 0 spiro atoms. The molecule has 0 N–H and O–H groups in total. The number of epoxide rings is 1. The lowest BCUT2D eigenvalue weighted by molar-refractivity contribution is -0.138. The van der Waals surface area contributed by atoms with Gasteiger partial charge in [-0.2, -0.15) is 13.2 Å². The molecule has 0 amide bonds. The maximum absolute atomic E-state index is 12.9. The molecule has 17 heavy (non-hydrogen) atoms. The Morgan fingerprint density at radius 1 is 1.18 bits per heavy atom. The highest BCUT2D eigenvalue weighted by Crippen LogP contribution is 2.57. The molecule has 1 saturated heterocycles. The van der Waals surface area contributed by atoms with Crippen LogP contribution in [0.4, 0.5) is 13.2 Å². The van der Waals surface area contributed by atoms with E-state index in [1.807, 2.05) is 0 Å². The molecule has 2 unspecified atom stereocenters. The number of alkyl halides is 3. The van der Waals surface area contributed by atoms with E-state index in [0.717, 1.165) is 25.3 Å². The van der Waals surface area contributed by atoms with Gasteiger partial charge < -0.3 is 4.74 Å². The summed E-state index contributed by atoms with van der Waals surface area (Å²) < 4.78 is 44.4. The molecule has 1 aromatic rings. The van der Waals surface area contributed by atoms with Gasteiger partial charge in [0.05, 0.1) is 11.7 Å². The van der Waals surface area contributed by atoms with Crippen molar-refractivity contribution >= 4 is 0 Å². The Hall–Kier alpha value is -1.03. The van der Waals surface area contributed by atoms with E-state index >= 15 is 0 Å². The van der Waals surface area contributed by atoms with Gasteiger partial charge in [0.1, 0.15) is 5.60 Å². The topological polar surface area (TPSA) is 12.5 Å². The van der Waals surface area contributed by atoms with Crippen molar-refractivity contribution in [3.63, 3.8) is 0 Å². The van der Waals surface area contributed by atoms with Crippen molar-refractivity contribution < 1.29 is 17.9 Å². The number of fused-ring (bicyclic) bond motifs is 1. The Morgan fingerprint density at radius 3 is 2.65 bits per heavy atom. The van der Waals surface area contributed by atoms with Crippen LogP contribution in [0.2, 0.25) is 0 Å². The van der Waals surface area contributed by atoms with Gasteiger partial charge in [-0.15, -0.1) is 0 Å². The van der Waals surface area contributed by atoms with Crippen LogP contribution in [0.5, 0.6) is 0 Å². The van der Waals surface area contributed by atoms with E-state index in [0.29, 0.717) is 12.0 Å². The highest BCUT2D eigenvalue weighted by atomic mass is 19.4. The lowest BCUT2D eigenvalue weighted by Crippen LogP contribution is -2.22. The second-order valence-electron chi connectivity index (χ2n) is 4.79. The first kappa shape index (κ1) is 11.1. The Morgan fingerprint density at radius 2 is 1.94 bits per heavy atom. The van der Waals surface area contributed by atoms with Crippen LogP contribution in [0.15, 0.2) is 24.3 Å². The van der Waals surface area contributed by atoms with E-state index in [9.17, 15) is 13.2 Å². The maximum atomic E-state index is 12.9. The minimum atomic E-state index is -4.29. The van der Waals surface area contributed by atoms with Crippen molar-refractivity contribution in [1.82, 2.24) is 0 Å². The average molecular weight is 242 g/mol. The lowest BCUT2D eigenvalue weighted by Gasteiger charge is -2.21. The molecule has 3 rings (SSSR count). The number of halogens is 3. The van der Waals surface area contributed by atoms with Gasteiger partial charge in [0.15, 0.2) is 0 Å². The first-order valence-corrected chi connectivity index (χ1v) is 5.88. The molecule has 0 radical (unpaired) electrons. The maximum Gasteiger partial charge on any atom is 0.416 e. The SMILES string of the molecule is FC(F)(F)c1ccccc1C12CCCCC1O2. The van der Waals surface area contributed by atoms with E-state index in [1.165, 1.54) is 6.07 Å². The Kier molecular flexibility index (Phi) is 2.27. The van der Waals surface area contributed by atoms with Gasteiger partial charge in [0.25, 0.3) is 0 Å². The summed E-state index contributed by atoms with van der Waals surface area (Å²) in [7, 11) is 0. The van der Waals surface area contributed by atoms with Crippen molar-refractivity contribution in [3.8, 4) is 0 Å². The third kappa shape index (κ3) is 1.66. The third-order valence-electron chi connectivity index (χ3n) is 3.77. The van der Waals surface area contributed by atoms with Crippen molar-refractivity contribution in [2.45, 2.75) is 43.6 Å². The van der Waals surface area contributed by atoms with Gasteiger partial charge in [0.2, 0.25) is 0 Å². The van der Waals surface area contributed by atoms with Crippen molar-refractivity contribution in [1.29, 1.82) is 0 Å². The highest BCUT2D eigenvalue weighted by molar-refractivity contribution is 5.39. The van der Waals surface area contributed by atoms with Gasteiger partial charge >= 0.3 is 6.18 Å². The third-order valence-corrected chi connectivity index (χ3v) is 3.77. The monoisotopic (exact) mass is 242 g/mol. The normalized spacial score (nSPS) is 32.1. The molecule has 4 heteroatoms. The molecular weight excluding hydrogens is 229 g/mol. The largest absolute Gasteiger partial charge is 0.416 e. The standard InChI is InChI=1S/C13H13F3O/c14-13(15,16)10-6-2-1-5-9(10)12-8-4-3-7-11(12)17-12/h1-2,5-6,11H,3-4,7-8H2. The Bertz CT molecular complexity index is 441. The zero-order valence-electron chi connectivity index (χ0n) is 9.26. The molecule has 1 aromatic carbocycles. The Balaban J connectivity index is 2.04. The molecule has 2 atom stereocenters. The summed E-state index contributed by atoms with van der Waals surface area (Å²) in [5.74, 6) is 0. The molecule has 2 aliphatic rings. The fourth-order valence-electron chi connectivity index (χ4n) is 2.92. The predicted octanol–water partition coefficient (Wildman–Crippen LogP) is 3.87. The molecule has 1 aliphatic carbocycles. The van der Waals surface area contributed by atoms with Crippen LogP contribution in [-0.4, -0.2) is 6.10 Å². The highest BCUT2D eigenvalue weighted by Gasteiger charge is 2.60. The van der Waals surface area contributed by atoms with Crippen LogP contribution in [0.3, 0.4) is 0 Å². The Labute approximate surface area is 97.6 Å². The zero-order valence-corrected chi connectivity index (χ0v) is 9.26. The van der Waals surface area contributed by atoms with Gasteiger partial charge in [-0.05, 0) is 24.5 Å². The molecule has 92 valence electrons. The molecule has 0 aromatic heterocycles. The first-order valence-electron chi connectivity index (χ1n) is 5.88. The molecule has 1 nitrogen and oxygen atoms in total. The predicted molar refractivity (Wildman–Crippen MR) is 56.5 cm³/mol. The lowest BCUT2D eigenvalue weighted by atomic mass is 9.81. The fourth-order valence-corrected chi connectivity index (χ4v) is 2.92. The van der Waals surface area contributed by atoms with Crippen LogP contribution in [0, 0.1) is 0 Å². The molecule has 1 heterocycles. The average Bonchev–Trinajstić information content (AvgIpc) is 3.03. The first-order chi connectivity index (χ1) is 8.04. The molecule has 2 fully saturated rings. The van der Waals surface area contributed by atoms with Crippen molar-refractivity contribution in [2.75, 3.05) is 0 Å². The van der Waals surface area contributed by atoms with Crippen molar-refractivity contribution in [3.05, 3.63) is 35.4 Å². The molecule has 0 bridgehead atoms. The summed E-state index contributed by atoms with van der Waals surface area (Å²) >= 11 is 0. The number of benzene rings is 1. The van der Waals surface area contributed by atoms with Crippen LogP contribution in [0.25, 0.3) is 0 Å². The van der Waals surface area contributed by atoms with E-state index in [-0.39, 0.29) is 6.10 Å². The number of hydrogen-bond donors (Lipinski definition) is 0. The van der Waals surface area contributed by atoms with Gasteiger partial charge in [-0.3, -0.25) is 0 Å². The number of hydrogen-bond acceptors (Lipinski definition) is 1. The number of rotatable bonds is 1. The van der Waals surface area contributed by atoms with Gasteiger partial charge in [0, 0.05) is 0 Å². The molecule has 1 saturated carbocycles. The van der Waals surface area contributed by atoms with Crippen molar-refractivity contribution in [2.24, 2.45) is 0 Å². The smallest absolute Gasteiger partial charge is 0.361 e. The summed E-state index contributed by atoms with van der Waals surface area (Å²) in [6.45, 7) is 0. The fraction of sp³-hybridized carbons (Fsp3) is 0.538. The van der Waals surface area contributed by atoms with E-state index in [1.54, 1.807) is 12.1 Å². The quantitative estimate of drug-likeness (QED) is 0.681. The summed E-state index contributed by atoms with van der Waals surface area (Å²) in [5, 5.41) is 0. The minimum Gasteiger partial charge on any atom is -0.361 e. The van der Waals surface area contributed by atoms with Crippen LogP contribution < -0.4 is 0 Å². The molecule has 1 aliphatic heterocycles. The summed E-state index contributed by atoms with van der Waals surface area (Å²) in [6.07, 6.45) is -0.695. The summed E-state index contributed by atoms with van der Waals surface area (Å²) in [4.78, 5) is 0. The van der Waals surface area contributed by atoms with Gasteiger partial charge in [-0.25, -0.2) is 0 Å². The van der Waals surface area contributed by atoms with E-state index in [2.05, 4.69) is 0 Å². The minimum absolute atomic E-state index is 0.000231.